The summed E-state index contributed by atoms with van der Waals surface area (Å²) in [7, 11) is 1.87. The lowest BCUT2D eigenvalue weighted by Gasteiger charge is -2.33. The molecule has 0 bridgehead atoms. The molecule has 2 aliphatic rings. The Bertz CT molecular complexity index is 925. The Balaban J connectivity index is 1.49. The molecule has 1 saturated carbocycles. The van der Waals surface area contributed by atoms with Gasteiger partial charge in [0.2, 0.25) is 0 Å². The van der Waals surface area contributed by atoms with E-state index in [1.807, 2.05) is 24.1 Å². The van der Waals surface area contributed by atoms with Gasteiger partial charge in [0.05, 0.1) is 17.7 Å². The zero-order valence-corrected chi connectivity index (χ0v) is 16.9. The average Bonchev–Trinajstić information content (AvgIpc) is 2.98. The monoisotopic (exact) mass is 390 g/mol. The summed E-state index contributed by atoms with van der Waals surface area (Å²) in [5.41, 5.74) is 2.25. The van der Waals surface area contributed by atoms with Crippen molar-refractivity contribution >= 4 is 17.7 Å². The Morgan fingerprint density at radius 3 is 2.21 bits per heavy atom. The maximum absolute atomic E-state index is 13.0. The first-order chi connectivity index (χ1) is 14.0. The van der Waals surface area contributed by atoms with Gasteiger partial charge in [0.15, 0.2) is 0 Å². The molecule has 0 aromatic heterocycles. The summed E-state index contributed by atoms with van der Waals surface area (Å²) in [5, 5.41) is 0. The molecule has 0 N–H and O–H groups in total. The van der Waals surface area contributed by atoms with Gasteiger partial charge in [-0.25, -0.2) is 0 Å². The van der Waals surface area contributed by atoms with Crippen LogP contribution in [-0.2, 0) is 6.54 Å². The molecule has 0 atom stereocenters. The highest BCUT2D eigenvalue weighted by Crippen LogP contribution is 2.28. The number of hydrogen-bond acceptors (Lipinski definition) is 3. The van der Waals surface area contributed by atoms with Crippen LogP contribution >= 0.6 is 0 Å². The van der Waals surface area contributed by atoms with Gasteiger partial charge in [-0.15, -0.1) is 0 Å². The lowest BCUT2D eigenvalue weighted by atomic mass is 9.86. The predicted molar refractivity (Wildman–Crippen MR) is 111 cm³/mol. The summed E-state index contributed by atoms with van der Waals surface area (Å²) in [4.78, 5) is 41.3. The van der Waals surface area contributed by atoms with Crippen molar-refractivity contribution in [2.75, 3.05) is 7.05 Å². The van der Waals surface area contributed by atoms with Gasteiger partial charge in [-0.05, 0) is 61.4 Å². The molecule has 1 aliphatic carbocycles. The van der Waals surface area contributed by atoms with Crippen LogP contribution in [0, 0.1) is 5.92 Å². The molecule has 29 heavy (non-hydrogen) atoms. The SMILES string of the molecule is CC1CCC(N(C)C(=O)c2cccc(CN3C(=O)c4ccccc4C3=O)c2)CC1. The number of amides is 3. The van der Waals surface area contributed by atoms with Crippen LogP contribution in [0.2, 0.25) is 0 Å². The van der Waals surface area contributed by atoms with Crippen molar-refractivity contribution in [1.29, 1.82) is 0 Å². The lowest BCUT2D eigenvalue weighted by molar-refractivity contribution is 0.0641. The standard InChI is InChI=1S/C24H26N2O3/c1-16-10-12-19(13-11-16)25(2)22(27)18-7-5-6-17(14-18)15-26-23(28)20-8-3-4-9-21(20)24(26)29/h3-9,14,16,19H,10-13,15H2,1-2H3. The third-order valence-corrected chi connectivity index (χ3v) is 6.25. The third-order valence-electron chi connectivity index (χ3n) is 6.25. The molecule has 4 rings (SSSR count). The van der Waals surface area contributed by atoms with E-state index >= 15 is 0 Å². The molecule has 1 heterocycles. The van der Waals surface area contributed by atoms with Crippen molar-refractivity contribution in [3.05, 3.63) is 70.8 Å². The molecule has 3 amide bonds. The minimum atomic E-state index is -0.282. The topological polar surface area (TPSA) is 57.7 Å². The highest BCUT2D eigenvalue weighted by atomic mass is 16.2. The van der Waals surface area contributed by atoms with E-state index < -0.39 is 0 Å². The summed E-state index contributed by atoms with van der Waals surface area (Å²) in [6, 6.07) is 14.4. The molecule has 5 nitrogen and oxygen atoms in total. The summed E-state index contributed by atoms with van der Waals surface area (Å²) in [6.07, 6.45) is 4.39. The number of rotatable bonds is 4. The van der Waals surface area contributed by atoms with Crippen LogP contribution in [0.15, 0.2) is 48.5 Å². The van der Waals surface area contributed by atoms with Crippen LogP contribution in [0.4, 0.5) is 0 Å². The molecule has 5 heteroatoms. The van der Waals surface area contributed by atoms with Crippen molar-refractivity contribution in [2.24, 2.45) is 5.92 Å². The molecule has 0 spiro atoms. The van der Waals surface area contributed by atoms with Gasteiger partial charge in [-0.2, -0.15) is 0 Å². The van der Waals surface area contributed by atoms with Crippen LogP contribution in [0.3, 0.4) is 0 Å². The first-order valence-electron chi connectivity index (χ1n) is 10.3. The van der Waals surface area contributed by atoms with Crippen LogP contribution in [0.25, 0.3) is 0 Å². The summed E-state index contributed by atoms with van der Waals surface area (Å²) < 4.78 is 0. The molecule has 1 aliphatic heterocycles. The van der Waals surface area contributed by atoms with Gasteiger partial charge < -0.3 is 4.90 Å². The summed E-state index contributed by atoms with van der Waals surface area (Å²) in [6.45, 7) is 2.43. The average molecular weight is 390 g/mol. The van der Waals surface area contributed by atoms with Gasteiger partial charge >= 0.3 is 0 Å². The van der Waals surface area contributed by atoms with E-state index in [4.69, 9.17) is 0 Å². The molecule has 2 aromatic carbocycles. The second-order valence-electron chi connectivity index (χ2n) is 8.27. The van der Waals surface area contributed by atoms with Crippen LogP contribution < -0.4 is 0 Å². The summed E-state index contributed by atoms with van der Waals surface area (Å²) >= 11 is 0. The molecule has 2 aromatic rings. The first kappa shape index (κ1) is 19.4. The highest BCUT2D eigenvalue weighted by Gasteiger charge is 2.35. The normalized spacial score (nSPS) is 21.2. The van der Waals surface area contributed by atoms with Gasteiger partial charge in [0.1, 0.15) is 0 Å². The van der Waals surface area contributed by atoms with E-state index in [1.54, 1.807) is 36.4 Å². The van der Waals surface area contributed by atoms with Crippen LogP contribution in [0.1, 0.15) is 69.2 Å². The molecular weight excluding hydrogens is 364 g/mol. The van der Waals surface area contributed by atoms with E-state index in [1.165, 1.54) is 4.90 Å². The maximum atomic E-state index is 13.0. The Kier molecular flexibility index (Phi) is 5.22. The lowest BCUT2D eigenvalue weighted by Crippen LogP contribution is -2.39. The molecule has 0 unspecified atom stereocenters. The van der Waals surface area contributed by atoms with Gasteiger partial charge in [0.25, 0.3) is 17.7 Å². The van der Waals surface area contributed by atoms with Gasteiger partial charge in [-0.3, -0.25) is 19.3 Å². The third kappa shape index (κ3) is 3.69. The van der Waals surface area contributed by atoms with E-state index in [2.05, 4.69) is 6.92 Å². The van der Waals surface area contributed by atoms with Crippen LogP contribution in [-0.4, -0.2) is 40.6 Å². The number of benzene rings is 2. The second-order valence-corrected chi connectivity index (χ2v) is 8.27. The Morgan fingerprint density at radius 2 is 1.59 bits per heavy atom. The number of carbonyl (C=O) groups excluding carboxylic acids is 3. The quantitative estimate of drug-likeness (QED) is 0.738. The zero-order valence-electron chi connectivity index (χ0n) is 16.9. The Labute approximate surface area is 171 Å². The number of nitrogens with zero attached hydrogens (tertiary/aromatic N) is 2. The van der Waals surface area contributed by atoms with E-state index in [9.17, 15) is 14.4 Å². The zero-order chi connectivity index (χ0) is 20.5. The molecule has 0 radical (unpaired) electrons. The van der Waals surface area contributed by atoms with E-state index in [0.29, 0.717) is 16.7 Å². The Hall–Kier alpha value is -2.95. The fourth-order valence-corrected chi connectivity index (χ4v) is 4.37. The predicted octanol–water partition coefficient (Wildman–Crippen LogP) is 4.13. The fraction of sp³-hybridized carbons (Fsp3) is 0.375. The largest absolute Gasteiger partial charge is 0.339 e. The van der Waals surface area contributed by atoms with E-state index in [0.717, 1.165) is 37.2 Å². The van der Waals surface area contributed by atoms with Crippen molar-refractivity contribution in [3.63, 3.8) is 0 Å². The second kappa shape index (κ2) is 7.82. The highest BCUT2D eigenvalue weighted by molar-refractivity contribution is 6.21. The van der Waals surface area contributed by atoms with Gasteiger partial charge in [-0.1, -0.05) is 31.2 Å². The van der Waals surface area contributed by atoms with Crippen molar-refractivity contribution in [3.8, 4) is 0 Å². The van der Waals surface area contributed by atoms with Crippen molar-refractivity contribution < 1.29 is 14.4 Å². The number of hydrogen-bond donors (Lipinski definition) is 0. The van der Waals surface area contributed by atoms with Crippen LogP contribution in [0.5, 0.6) is 0 Å². The Morgan fingerprint density at radius 1 is 0.966 bits per heavy atom. The smallest absolute Gasteiger partial charge is 0.261 e. The van der Waals surface area contributed by atoms with Crippen molar-refractivity contribution in [1.82, 2.24) is 9.80 Å². The summed E-state index contributed by atoms with van der Waals surface area (Å²) in [5.74, 6) is 0.165. The maximum Gasteiger partial charge on any atom is 0.261 e. The van der Waals surface area contributed by atoms with Crippen molar-refractivity contribution in [2.45, 2.75) is 45.2 Å². The molecule has 0 saturated heterocycles. The molecular formula is C24H26N2O3. The van der Waals surface area contributed by atoms with Gasteiger partial charge in [0, 0.05) is 18.7 Å². The van der Waals surface area contributed by atoms with E-state index in [-0.39, 0.29) is 30.3 Å². The number of carbonyl (C=O) groups is 3. The number of imide groups is 1. The molecule has 150 valence electrons. The minimum absolute atomic E-state index is 0.00577. The fourth-order valence-electron chi connectivity index (χ4n) is 4.37. The minimum Gasteiger partial charge on any atom is -0.339 e. The molecule has 1 fully saturated rings. The first-order valence-corrected chi connectivity index (χ1v) is 10.3. The number of fused-ring (bicyclic) bond motifs is 1.